The quantitative estimate of drug-likeness (QED) is 0.632. The van der Waals surface area contributed by atoms with Gasteiger partial charge in [-0.05, 0) is 39.4 Å². The van der Waals surface area contributed by atoms with Crippen LogP contribution in [0, 0.1) is 0 Å². The Balaban J connectivity index is 0.000000671. The summed E-state index contributed by atoms with van der Waals surface area (Å²) in [5.74, 6) is 0. The summed E-state index contributed by atoms with van der Waals surface area (Å²) < 4.78 is 0. The summed E-state index contributed by atoms with van der Waals surface area (Å²) in [6.07, 6.45) is 7.12. The fraction of sp³-hybridized carbons (Fsp3) is 0.667. The lowest BCUT2D eigenvalue weighted by atomic mass is 10.0. The minimum Gasteiger partial charge on any atom is -0.305 e. The number of hydrogen-bond donors (Lipinski definition) is 0. The highest BCUT2D eigenvalue weighted by molar-refractivity contribution is 5.27. The van der Waals surface area contributed by atoms with Gasteiger partial charge in [0.25, 0.3) is 0 Å². The van der Waals surface area contributed by atoms with E-state index in [4.69, 9.17) is 0 Å². The van der Waals surface area contributed by atoms with E-state index in [2.05, 4.69) is 38.1 Å². The van der Waals surface area contributed by atoms with E-state index >= 15 is 0 Å². The van der Waals surface area contributed by atoms with E-state index in [1.807, 2.05) is 13.8 Å². The lowest BCUT2D eigenvalue weighted by Gasteiger charge is -2.14. The standard InChI is InChI=1S/C10H17N.C2H6/c1-9-5-4-6-10(7-9)8-11(2)3;1-2/h6-7H,4-5,8H2,1-3H3;1-2H3. The highest BCUT2D eigenvalue weighted by atomic mass is 15.0. The lowest BCUT2D eigenvalue weighted by molar-refractivity contribution is 0.447. The largest absolute Gasteiger partial charge is 0.305 e. The Bertz CT molecular complexity index is 187. The molecule has 1 nitrogen and oxygen atoms in total. The van der Waals surface area contributed by atoms with Crippen molar-refractivity contribution in [3.63, 3.8) is 0 Å². The molecule has 0 radical (unpaired) electrons. The van der Waals surface area contributed by atoms with E-state index in [0.717, 1.165) is 6.54 Å². The maximum Gasteiger partial charge on any atom is 0.0224 e. The van der Waals surface area contributed by atoms with Gasteiger partial charge in [-0.25, -0.2) is 0 Å². The summed E-state index contributed by atoms with van der Waals surface area (Å²) in [6, 6.07) is 0. The minimum absolute atomic E-state index is 1.08. The molecule has 0 aromatic rings. The molecule has 0 fully saturated rings. The van der Waals surface area contributed by atoms with Gasteiger partial charge < -0.3 is 4.90 Å². The van der Waals surface area contributed by atoms with E-state index in [1.165, 1.54) is 24.0 Å². The zero-order valence-electron chi connectivity index (χ0n) is 9.72. The molecule has 13 heavy (non-hydrogen) atoms. The van der Waals surface area contributed by atoms with Crippen LogP contribution < -0.4 is 0 Å². The maximum absolute atomic E-state index is 2.34. The highest BCUT2D eigenvalue weighted by Gasteiger charge is 2.01. The Kier molecular flexibility index (Phi) is 6.61. The van der Waals surface area contributed by atoms with Crippen LogP contribution in [0.3, 0.4) is 0 Å². The van der Waals surface area contributed by atoms with Crippen molar-refractivity contribution in [3.8, 4) is 0 Å². The molecule has 0 N–H and O–H groups in total. The summed E-state index contributed by atoms with van der Waals surface area (Å²) in [4.78, 5) is 2.21. The number of nitrogens with zero attached hydrogens (tertiary/aromatic N) is 1. The molecular formula is C12H23N. The first kappa shape index (κ1) is 12.4. The molecule has 0 spiro atoms. The molecule has 0 atom stereocenters. The molecule has 0 aromatic carbocycles. The summed E-state index contributed by atoms with van der Waals surface area (Å²) in [5, 5.41) is 0. The smallest absolute Gasteiger partial charge is 0.0224 e. The fourth-order valence-electron chi connectivity index (χ4n) is 1.41. The van der Waals surface area contributed by atoms with Crippen molar-refractivity contribution in [3.05, 3.63) is 23.3 Å². The second kappa shape index (κ2) is 6.90. The van der Waals surface area contributed by atoms with Gasteiger partial charge in [-0.3, -0.25) is 0 Å². The van der Waals surface area contributed by atoms with Crippen LogP contribution in [0.2, 0.25) is 0 Å². The van der Waals surface area contributed by atoms with Crippen molar-refractivity contribution in [2.75, 3.05) is 20.6 Å². The van der Waals surface area contributed by atoms with Crippen LogP contribution in [0.1, 0.15) is 33.6 Å². The van der Waals surface area contributed by atoms with Gasteiger partial charge in [-0.15, -0.1) is 0 Å². The predicted octanol–water partition coefficient (Wildman–Crippen LogP) is 3.24. The lowest BCUT2D eigenvalue weighted by Crippen LogP contribution is -2.15. The van der Waals surface area contributed by atoms with Crippen molar-refractivity contribution in [2.24, 2.45) is 0 Å². The van der Waals surface area contributed by atoms with E-state index in [-0.39, 0.29) is 0 Å². The van der Waals surface area contributed by atoms with E-state index < -0.39 is 0 Å². The Morgan fingerprint density at radius 1 is 1.31 bits per heavy atom. The summed E-state index contributed by atoms with van der Waals surface area (Å²) in [6.45, 7) is 7.29. The molecule has 0 amide bonds. The van der Waals surface area contributed by atoms with E-state index in [9.17, 15) is 0 Å². The van der Waals surface area contributed by atoms with Gasteiger partial charge in [0.15, 0.2) is 0 Å². The first-order valence-corrected chi connectivity index (χ1v) is 5.19. The van der Waals surface area contributed by atoms with Gasteiger partial charge >= 0.3 is 0 Å². The summed E-state index contributed by atoms with van der Waals surface area (Å²) >= 11 is 0. The van der Waals surface area contributed by atoms with Gasteiger partial charge in [-0.2, -0.15) is 0 Å². The number of rotatable bonds is 2. The first-order valence-electron chi connectivity index (χ1n) is 5.19. The van der Waals surface area contributed by atoms with Gasteiger partial charge in [0, 0.05) is 6.54 Å². The SMILES string of the molecule is CC.CC1=CC(CN(C)C)=CCC1. The second-order valence-corrected chi connectivity index (χ2v) is 3.55. The Labute approximate surface area is 83.1 Å². The van der Waals surface area contributed by atoms with E-state index in [1.54, 1.807) is 0 Å². The van der Waals surface area contributed by atoms with Crippen LogP contribution >= 0.6 is 0 Å². The van der Waals surface area contributed by atoms with Crippen molar-refractivity contribution < 1.29 is 0 Å². The van der Waals surface area contributed by atoms with Crippen molar-refractivity contribution in [2.45, 2.75) is 33.6 Å². The van der Waals surface area contributed by atoms with Crippen LogP contribution in [0.25, 0.3) is 0 Å². The van der Waals surface area contributed by atoms with E-state index in [0.29, 0.717) is 0 Å². The Morgan fingerprint density at radius 3 is 2.38 bits per heavy atom. The normalized spacial score (nSPS) is 15.8. The number of likely N-dealkylation sites (N-methyl/N-ethyl adjacent to an activating group) is 1. The van der Waals surface area contributed by atoms with Gasteiger partial charge in [0.2, 0.25) is 0 Å². The number of hydrogen-bond acceptors (Lipinski definition) is 1. The molecule has 76 valence electrons. The minimum atomic E-state index is 1.08. The molecule has 0 aromatic heterocycles. The zero-order valence-corrected chi connectivity index (χ0v) is 9.72. The summed E-state index contributed by atoms with van der Waals surface area (Å²) in [5.41, 5.74) is 2.99. The molecule has 0 saturated carbocycles. The fourth-order valence-corrected chi connectivity index (χ4v) is 1.41. The first-order chi connectivity index (χ1) is 6.18. The summed E-state index contributed by atoms with van der Waals surface area (Å²) in [7, 11) is 4.22. The van der Waals surface area contributed by atoms with Crippen LogP contribution in [-0.4, -0.2) is 25.5 Å². The van der Waals surface area contributed by atoms with Gasteiger partial charge in [0.05, 0.1) is 0 Å². The van der Waals surface area contributed by atoms with Gasteiger partial charge in [0.1, 0.15) is 0 Å². The average molecular weight is 181 g/mol. The van der Waals surface area contributed by atoms with Gasteiger partial charge in [-0.1, -0.05) is 31.6 Å². The molecule has 0 saturated heterocycles. The molecule has 0 unspecified atom stereocenters. The molecule has 0 aliphatic heterocycles. The van der Waals surface area contributed by atoms with Crippen LogP contribution in [0.5, 0.6) is 0 Å². The maximum atomic E-state index is 2.34. The Hall–Kier alpha value is -0.560. The third-order valence-corrected chi connectivity index (χ3v) is 1.88. The molecule has 0 heterocycles. The molecule has 0 bridgehead atoms. The number of allylic oxidation sites excluding steroid dienone is 2. The van der Waals surface area contributed by atoms with Crippen LogP contribution in [-0.2, 0) is 0 Å². The van der Waals surface area contributed by atoms with Crippen molar-refractivity contribution >= 4 is 0 Å². The van der Waals surface area contributed by atoms with Crippen LogP contribution in [0.15, 0.2) is 23.3 Å². The average Bonchev–Trinajstić information content (AvgIpc) is 2.06. The Morgan fingerprint density at radius 2 is 1.92 bits per heavy atom. The second-order valence-electron chi connectivity index (χ2n) is 3.55. The van der Waals surface area contributed by atoms with Crippen molar-refractivity contribution in [1.82, 2.24) is 4.90 Å². The van der Waals surface area contributed by atoms with Crippen molar-refractivity contribution in [1.29, 1.82) is 0 Å². The molecular weight excluding hydrogens is 158 g/mol. The molecule has 1 heteroatoms. The van der Waals surface area contributed by atoms with Crippen LogP contribution in [0.4, 0.5) is 0 Å². The zero-order chi connectivity index (χ0) is 10.3. The topological polar surface area (TPSA) is 3.24 Å². The molecule has 1 rings (SSSR count). The highest BCUT2D eigenvalue weighted by Crippen LogP contribution is 2.16. The predicted molar refractivity (Wildman–Crippen MR) is 61.0 cm³/mol. The monoisotopic (exact) mass is 181 g/mol. The third-order valence-electron chi connectivity index (χ3n) is 1.88. The third kappa shape index (κ3) is 5.64. The molecule has 1 aliphatic rings. The molecule has 1 aliphatic carbocycles.